The van der Waals surface area contributed by atoms with Crippen LogP contribution in [0.3, 0.4) is 0 Å². The maximum Gasteiger partial charge on any atom is 0.191 e. The van der Waals surface area contributed by atoms with E-state index in [4.69, 9.17) is 4.74 Å². The van der Waals surface area contributed by atoms with Gasteiger partial charge in [-0.15, -0.1) is 0 Å². The van der Waals surface area contributed by atoms with E-state index in [1.165, 1.54) is 0 Å². The minimum Gasteiger partial charge on any atom is -0.378 e. The van der Waals surface area contributed by atoms with Gasteiger partial charge in [0.25, 0.3) is 0 Å². The minimum absolute atomic E-state index is 0.0339. The summed E-state index contributed by atoms with van der Waals surface area (Å²) in [6.45, 7) is 16.0. The molecule has 3 unspecified atom stereocenters. The Balaban J connectivity index is 2.63. The van der Waals surface area contributed by atoms with Gasteiger partial charge in [-0.25, -0.2) is 0 Å². The van der Waals surface area contributed by atoms with Crippen molar-refractivity contribution in [3.8, 4) is 0 Å². The highest BCUT2D eigenvalue weighted by Crippen LogP contribution is 2.51. The van der Waals surface area contributed by atoms with Crippen molar-refractivity contribution in [2.45, 2.75) is 71.3 Å². The topological polar surface area (TPSA) is 62.7 Å². The zero-order chi connectivity index (χ0) is 17.9. The first-order chi connectivity index (χ1) is 10.5. The molecule has 0 spiro atoms. The van der Waals surface area contributed by atoms with E-state index in [1.807, 2.05) is 20.8 Å². The van der Waals surface area contributed by atoms with Crippen molar-refractivity contribution >= 4 is 16.8 Å². The van der Waals surface area contributed by atoms with Crippen LogP contribution in [0.1, 0.15) is 54.9 Å². The molecule has 1 saturated carbocycles. The van der Waals surface area contributed by atoms with Crippen molar-refractivity contribution in [2.24, 2.45) is 10.4 Å². The van der Waals surface area contributed by atoms with Crippen LogP contribution in [0.2, 0.25) is 0 Å². The Labute approximate surface area is 144 Å². The molecule has 0 aromatic rings. The van der Waals surface area contributed by atoms with Crippen LogP contribution in [0.15, 0.2) is 4.99 Å². The van der Waals surface area contributed by atoms with Crippen LogP contribution in [0.4, 0.5) is 0 Å². The second-order valence-corrected chi connectivity index (χ2v) is 10.3. The Morgan fingerprint density at radius 3 is 2.39 bits per heavy atom. The van der Waals surface area contributed by atoms with Gasteiger partial charge in [0.2, 0.25) is 0 Å². The van der Waals surface area contributed by atoms with E-state index in [1.54, 1.807) is 7.11 Å². The normalized spacial score (nSPS) is 28.9. The maximum atomic E-state index is 12.1. The summed E-state index contributed by atoms with van der Waals surface area (Å²) in [4.78, 5) is 4.59. The van der Waals surface area contributed by atoms with E-state index in [0.717, 1.165) is 18.9 Å². The number of hydrogen-bond donors (Lipinski definition) is 2. The fourth-order valence-corrected chi connectivity index (χ4v) is 3.62. The highest BCUT2D eigenvalue weighted by molar-refractivity contribution is 7.86. The van der Waals surface area contributed by atoms with E-state index < -0.39 is 10.8 Å². The van der Waals surface area contributed by atoms with Crippen LogP contribution in [-0.4, -0.2) is 52.5 Å². The molecule has 1 aliphatic carbocycles. The highest BCUT2D eigenvalue weighted by Gasteiger charge is 2.58. The standard InChI is InChI=1S/C17H35N3O2S/c1-9-18-14(19-10-11-23(21)15(2,3)4)20-13-12-17(7,22-8)16(13,5)6/h13H,9-12H2,1-8H3,(H2,18,19,20). The first kappa shape index (κ1) is 20.4. The lowest BCUT2D eigenvalue weighted by Crippen LogP contribution is -2.69. The van der Waals surface area contributed by atoms with Gasteiger partial charge in [-0.05, 0) is 41.0 Å². The average Bonchev–Trinajstić information content (AvgIpc) is 2.45. The number of nitrogens with zero attached hydrogens (tertiary/aromatic N) is 1. The third-order valence-electron chi connectivity index (χ3n) is 5.16. The molecule has 0 aromatic heterocycles. The largest absolute Gasteiger partial charge is 0.378 e. The average molecular weight is 346 g/mol. The summed E-state index contributed by atoms with van der Waals surface area (Å²) in [6.07, 6.45) is 0.953. The fourth-order valence-electron chi connectivity index (χ4n) is 2.75. The summed E-state index contributed by atoms with van der Waals surface area (Å²) in [5.41, 5.74) is -0.0676. The molecule has 0 heterocycles. The summed E-state index contributed by atoms with van der Waals surface area (Å²) in [5, 5.41) is 6.78. The van der Waals surface area contributed by atoms with Gasteiger partial charge in [0.1, 0.15) is 0 Å². The minimum atomic E-state index is -0.870. The monoisotopic (exact) mass is 345 g/mol. The van der Waals surface area contributed by atoms with Crippen molar-refractivity contribution in [3.05, 3.63) is 0 Å². The molecule has 1 aliphatic rings. The predicted molar refractivity (Wildman–Crippen MR) is 99.5 cm³/mol. The summed E-state index contributed by atoms with van der Waals surface area (Å²) in [7, 11) is 0.907. The number of nitrogens with one attached hydrogen (secondary N) is 2. The molecule has 0 amide bonds. The smallest absolute Gasteiger partial charge is 0.191 e. The number of hydrogen-bond acceptors (Lipinski definition) is 3. The molecular formula is C17H35N3O2S. The van der Waals surface area contributed by atoms with Crippen LogP contribution in [0, 0.1) is 5.41 Å². The zero-order valence-corrected chi connectivity index (χ0v) is 16.9. The lowest BCUT2D eigenvalue weighted by molar-refractivity contribution is -0.176. The summed E-state index contributed by atoms with van der Waals surface area (Å²) >= 11 is 0. The summed E-state index contributed by atoms with van der Waals surface area (Å²) in [6, 6.07) is 0.318. The molecule has 23 heavy (non-hydrogen) atoms. The quantitative estimate of drug-likeness (QED) is 0.573. The first-order valence-electron chi connectivity index (χ1n) is 8.46. The molecule has 5 nitrogen and oxygen atoms in total. The number of methoxy groups -OCH3 is 1. The number of aliphatic imine (C=N–C) groups is 1. The molecular weight excluding hydrogens is 310 g/mol. The van der Waals surface area contributed by atoms with E-state index in [-0.39, 0.29) is 15.8 Å². The molecule has 0 aliphatic heterocycles. The van der Waals surface area contributed by atoms with Crippen molar-refractivity contribution in [3.63, 3.8) is 0 Å². The molecule has 3 atom stereocenters. The SMILES string of the molecule is CCNC(=NCCS(=O)C(C)(C)C)NC1CC(C)(OC)C1(C)C. The van der Waals surface area contributed by atoms with E-state index >= 15 is 0 Å². The molecule has 0 bridgehead atoms. The van der Waals surface area contributed by atoms with Crippen molar-refractivity contribution in [2.75, 3.05) is 26.0 Å². The number of rotatable bonds is 6. The molecule has 1 rings (SSSR count). The van der Waals surface area contributed by atoms with E-state index in [9.17, 15) is 4.21 Å². The van der Waals surface area contributed by atoms with Gasteiger partial charge < -0.3 is 15.4 Å². The molecule has 2 N–H and O–H groups in total. The first-order valence-corrected chi connectivity index (χ1v) is 9.78. The Hall–Kier alpha value is -0.620. The van der Waals surface area contributed by atoms with Gasteiger partial charge in [-0.1, -0.05) is 13.8 Å². The summed E-state index contributed by atoms with van der Waals surface area (Å²) < 4.78 is 17.6. The highest BCUT2D eigenvalue weighted by atomic mass is 32.2. The molecule has 0 saturated heterocycles. The van der Waals surface area contributed by atoms with Crippen molar-refractivity contribution < 1.29 is 8.95 Å². The lowest BCUT2D eigenvalue weighted by Gasteiger charge is -2.59. The van der Waals surface area contributed by atoms with Crippen LogP contribution in [0.25, 0.3) is 0 Å². The Kier molecular flexibility index (Phi) is 6.67. The van der Waals surface area contributed by atoms with Gasteiger partial charge in [-0.2, -0.15) is 0 Å². The second-order valence-electron chi connectivity index (χ2n) is 7.98. The predicted octanol–water partition coefficient (Wildman–Crippen LogP) is 2.29. The Morgan fingerprint density at radius 1 is 1.35 bits per heavy atom. The molecule has 0 aromatic carbocycles. The van der Waals surface area contributed by atoms with Gasteiger partial charge in [0.15, 0.2) is 5.96 Å². The van der Waals surface area contributed by atoms with E-state index in [0.29, 0.717) is 18.3 Å². The second kappa shape index (κ2) is 7.51. The van der Waals surface area contributed by atoms with Gasteiger partial charge in [0, 0.05) is 46.4 Å². The maximum absolute atomic E-state index is 12.1. The van der Waals surface area contributed by atoms with Crippen LogP contribution in [0.5, 0.6) is 0 Å². The van der Waals surface area contributed by atoms with Gasteiger partial charge in [0.05, 0.1) is 12.1 Å². The zero-order valence-electron chi connectivity index (χ0n) is 16.1. The van der Waals surface area contributed by atoms with E-state index in [2.05, 4.69) is 43.3 Å². The summed E-state index contributed by atoms with van der Waals surface area (Å²) in [5.74, 6) is 1.39. The van der Waals surface area contributed by atoms with Gasteiger partial charge in [-0.3, -0.25) is 9.20 Å². The van der Waals surface area contributed by atoms with Crippen molar-refractivity contribution in [1.29, 1.82) is 0 Å². The van der Waals surface area contributed by atoms with Crippen LogP contribution >= 0.6 is 0 Å². The number of ether oxygens (including phenoxy) is 1. The van der Waals surface area contributed by atoms with Crippen molar-refractivity contribution in [1.82, 2.24) is 10.6 Å². The third kappa shape index (κ3) is 4.69. The number of guanidine groups is 1. The molecule has 6 heteroatoms. The lowest BCUT2D eigenvalue weighted by atomic mass is 9.56. The Morgan fingerprint density at radius 2 is 1.96 bits per heavy atom. The fraction of sp³-hybridized carbons (Fsp3) is 0.941. The molecule has 1 fully saturated rings. The van der Waals surface area contributed by atoms with Gasteiger partial charge >= 0.3 is 0 Å². The molecule has 0 radical (unpaired) electrons. The Bertz CT molecular complexity index is 457. The van der Waals surface area contributed by atoms with Crippen LogP contribution < -0.4 is 10.6 Å². The third-order valence-corrected chi connectivity index (χ3v) is 7.08. The molecule has 136 valence electrons. The van der Waals surface area contributed by atoms with Crippen LogP contribution in [-0.2, 0) is 15.5 Å².